The maximum absolute atomic E-state index is 13.3. The molecule has 9 heteroatoms. The fourth-order valence-corrected chi connectivity index (χ4v) is 4.35. The molecule has 0 unspecified atom stereocenters. The van der Waals surface area contributed by atoms with E-state index in [0.29, 0.717) is 28.9 Å². The van der Waals surface area contributed by atoms with E-state index in [1.807, 2.05) is 4.90 Å². The Morgan fingerprint density at radius 3 is 2.88 bits per heavy atom. The fraction of sp³-hybridized carbons (Fsp3) is 0.375. The number of amides is 1. The molecule has 1 aromatic carbocycles. The Bertz CT molecular complexity index is 918. The third-order valence-corrected chi connectivity index (χ3v) is 5.90. The van der Waals surface area contributed by atoms with Crippen LogP contribution in [0.5, 0.6) is 5.19 Å². The minimum Gasteiger partial charge on any atom is -0.467 e. The number of nitrogens with zero attached hydrogens (tertiary/aromatic N) is 4. The molecule has 1 saturated heterocycles. The first-order valence-corrected chi connectivity index (χ1v) is 9.50. The van der Waals surface area contributed by atoms with Crippen molar-refractivity contribution in [3.05, 3.63) is 34.6 Å². The standard InChI is InChI=1S/C16H15FN4O2S2/c1-9-14(25-20-19-9)15(22)21-6-4-11(5-7-21)23-16-18-12-3-2-10(17)8-13(12)24-16/h2-3,8,11H,4-7H2,1H3. The van der Waals surface area contributed by atoms with Gasteiger partial charge in [0.25, 0.3) is 11.1 Å². The summed E-state index contributed by atoms with van der Waals surface area (Å²) < 4.78 is 23.8. The highest BCUT2D eigenvalue weighted by Gasteiger charge is 2.27. The van der Waals surface area contributed by atoms with Crippen LogP contribution in [0.4, 0.5) is 4.39 Å². The number of hydrogen-bond donors (Lipinski definition) is 0. The number of fused-ring (bicyclic) bond motifs is 1. The molecule has 0 N–H and O–H groups in total. The molecule has 0 spiro atoms. The number of carbonyl (C=O) groups excluding carboxylic acids is 1. The van der Waals surface area contributed by atoms with Gasteiger partial charge in [-0.2, -0.15) is 0 Å². The van der Waals surface area contributed by atoms with Gasteiger partial charge >= 0.3 is 0 Å². The second kappa shape index (κ2) is 6.64. The van der Waals surface area contributed by atoms with Gasteiger partial charge in [-0.3, -0.25) is 4.79 Å². The van der Waals surface area contributed by atoms with Crippen molar-refractivity contribution < 1.29 is 13.9 Å². The van der Waals surface area contributed by atoms with Gasteiger partial charge in [0.15, 0.2) is 0 Å². The predicted octanol–water partition coefficient (Wildman–Crippen LogP) is 3.28. The average Bonchev–Trinajstić information content (AvgIpc) is 3.20. The van der Waals surface area contributed by atoms with Crippen molar-refractivity contribution in [3.8, 4) is 5.19 Å². The normalized spacial score (nSPS) is 15.7. The zero-order valence-corrected chi connectivity index (χ0v) is 15.1. The highest BCUT2D eigenvalue weighted by Crippen LogP contribution is 2.30. The number of halogens is 1. The summed E-state index contributed by atoms with van der Waals surface area (Å²) in [5.74, 6) is -0.288. The quantitative estimate of drug-likeness (QED) is 0.700. The summed E-state index contributed by atoms with van der Waals surface area (Å²) in [6.07, 6.45) is 1.48. The molecular weight excluding hydrogens is 363 g/mol. The maximum atomic E-state index is 13.3. The third-order valence-electron chi connectivity index (χ3n) is 4.17. The maximum Gasteiger partial charge on any atom is 0.274 e. The van der Waals surface area contributed by atoms with Crippen LogP contribution in [0.25, 0.3) is 10.2 Å². The molecule has 6 nitrogen and oxygen atoms in total. The van der Waals surface area contributed by atoms with Crippen LogP contribution in [0.3, 0.4) is 0 Å². The molecule has 3 heterocycles. The molecule has 0 saturated carbocycles. The van der Waals surface area contributed by atoms with E-state index in [2.05, 4.69) is 14.6 Å². The lowest BCUT2D eigenvalue weighted by atomic mass is 10.1. The number of aromatic nitrogens is 3. The van der Waals surface area contributed by atoms with Gasteiger partial charge in [-0.05, 0) is 36.7 Å². The highest BCUT2D eigenvalue weighted by molar-refractivity contribution is 7.20. The second-order valence-electron chi connectivity index (χ2n) is 5.89. The van der Waals surface area contributed by atoms with Gasteiger partial charge < -0.3 is 9.64 Å². The Balaban J connectivity index is 1.38. The van der Waals surface area contributed by atoms with Gasteiger partial charge in [-0.15, -0.1) is 5.10 Å². The van der Waals surface area contributed by atoms with Crippen LogP contribution in [0.15, 0.2) is 18.2 Å². The van der Waals surface area contributed by atoms with Crippen LogP contribution in [0.1, 0.15) is 28.2 Å². The molecule has 25 heavy (non-hydrogen) atoms. The Kier molecular flexibility index (Phi) is 4.34. The molecule has 0 atom stereocenters. The van der Waals surface area contributed by atoms with Gasteiger partial charge in [0.1, 0.15) is 16.8 Å². The summed E-state index contributed by atoms with van der Waals surface area (Å²) in [7, 11) is 0. The fourth-order valence-electron chi connectivity index (χ4n) is 2.82. The lowest BCUT2D eigenvalue weighted by molar-refractivity contribution is 0.0599. The average molecular weight is 378 g/mol. The minimum absolute atomic E-state index is 0.00939. The molecule has 0 radical (unpaired) electrons. The summed E-state index contributed by atoms with van der Waals surface area (Å²) in [5, 5.41) is 4.44. The second-order valence-corrected chi connectivity index (χ2v) is 7.64. The van der Waals surface area contributed by atoms with E-state index < -0.39 is 0 Å². The van der Waals surface area contributed by atoms with Crippen molar-refractivity contribution in [1.29, 1.82) is 0 Å². The van der Waals surface area contributed by atoms with Gasteiger partial charge in [-0.1, -0.05) is 15.8 Å². The third kappa shape index (κ3) is 3.34. The first-order valence-electron chi connectivity index (χ1n) is 7.91. The van der Waals surface area contributed by atoms with Crippen molar-refractivity contribution >= 4 is 39.0 Å². The topological polar surface area (TPSA) is 68.2 Å². The van der Waals surface area contributed by atoms with Crippen LogP contribution in [-0.4, -0.2) is 44.6 Å². The molecule has 4 rings (SSSR count). The van der Waals surface area contributed by atoms with Gasteiger partial charge in [0.05, 0.1) is 15.9 Å². The zero-order valence-electron chi connectivity index (χ0n) is 13.4. The number of thiazole rings is 1. The van der Waals surface area contributed by atoms with E-state index in [1.54, 1.807) is 13.0 Å². The van der Waals surface area contributed by atoms with Crippen molar-refractivity contribution in [1.82, 2.24) is 19.5 Å². The van der Waals surface area contributed by atoms with Crippen molar-refractivity contribution in [3.63, 3.8) is 0 Å². The Morgan fingerprint density at radius 2 is 2.16 bits per heavy atom. The number of ether oxygens (including phenoxy) is 1. The first-order chi connectivity index (χ1) is 12.1. The minimum atomic E-state index is -0.276. The molecule has 1 amide bonds. The smallest absolute Gasteiger partial charge is 0.274 e. The summed E-state index contributed by atoms with van der Waals surface area (Å²) in [5.41, 5.74) is 1.41. The largest absolute Gasteiger partial charge is 0.467 e. The molecule has 2 aromatic heterocycles. The van der Waals surface area contributed by atoms with E-state index in [1.165, 1.54) is 23.5 Å². The molecule has 1 aliphatic rings. The molecule has 0 aliphatic carbocycles. The Labute approximate surface area is 151 Å². The van der Waals surface area contributed by atoms with Gasteiger partial charge in [0, 0.05) is 25.9 Å². The number of likely N-dealkylation sites (tertiary alicyclic amines) is 1. The SMILES string of the molecule is Cc1nnsc1C(=O)N1CCC(Oc2nc3ccc(F)cc3s2)CC1. The molecule has 1 fully saturated rings. The number of aryl methyl sites for hydroxylation is 1. The Morgan fingerprint density at radius 1 is 1.36 bits per heavy atom. The van der Waals surface area contributed by atoms with Crippen molar-refractivity contribution in [2.45, 2.75) is 25.9 Å². The Hall–Kier alpha value is -2.13. The first kappa shape index (κ1) is 16.3. The van der Waals surface area contributed by atoms with Crippen LogP contribution in [0.2, 0.25) is 0 Å². The number of piperidine rings is 1. The lowest BCUT2D eigenvalue weighted by Crippen LogP contribution is -2.41. The van der Waals surface area contributed by atoms with Crippen LogP contribution in [0, 0.1) is 12.7 Å². The van der Waals surface area contributed by atoms with Gasteiger partial charge in [0.2, 0.25) is 0 Å². The number of carbonyl (C=O) groups is 1. The number of hydrogen-bond acceptors (Lipinski definition) is 7. The molecule has 3 aromatic rings. The van der Waals surface area contributed by atoms with E-state index in [4.69, 9.17) is 4.74 Å². The zero-order chi connectivity index (χ0) is 17.4. The molecule has 130 valence electrons. The molecule has 0 bridgehead atoms. The van der Waals surface area contributed by atoms with Crippen LogP contribution < -0.4 is 4.74 Å². The van der Waals surface area contributed by atoms with E-state index in [9.17, 15) is 9.18 Å². The van der Waals surface area contributed by atoms with E-state index >= 15 is 0 Å². The summed E-state index contributed by atoms with van der Waals surface area (Å²) in [4.78, 5) is 19.3. The van der Waals surface area contributed by atoms with Crippen molar-refractivity contribution in [2.75, 3.05) is 13.1 Å². The predicted molar refractivity (Wildman–Crippen MR) is 93.8 cm³/mol. The van der Waals surface area contributed by atoms with Gasteiger partial charge in [-0.25, -0.2) is 9.37 Å². The number of rotatable bonds is 3. The van der Waals surface area contributed by atoms with E-state index in [0.717, 1.165) is 34.6 Å². The summed E-state index contributed by atoms with van der Waals surface area (Å²) >= 11 is 2.48. The van der Waals surface area contributed by atoms with Crippen molar-refractivity contribution in [2.24, 2.45) is 0 Å². The molecular formula is C16H15FN4O2S2. The highest BCUT2D eigenvalue weighted by atomic mass is 32.1. The van der Waals surface area contributed by atoms with Crippen LogP contribution in [-0.2, 0) is 0 Å². The monoisotopic (exact) mass is 378 g/mol. The molecule has 1 aliphatic heterocycles. The number of benzene rings is 1. The summed E-state index contributed by atoms with van der Waals surface area (Å²) in [6.45, 7) is 3.04. The summed E-state index contributed by atoms with van der Waals surface area (Å²) in [6, 6.07) is 4.51. The van der Waals surface area contributed by atoms with Crippen LogP contribution >= 0.6 is 22.9 Å². The lowest BCUT2D eigenvalue weighted by Gasteiger charge is -2.31. The van der Waals surface area contributed by atoms with E-state index in [-0.39, 0.29) is 17.8 Å².